The Bertz CT molecular complexity index is 764. The highest BCUT2D eigenvalue weighted by Gasteiger charge is 2.10. The zero-order valence-corrected chi connectivity index (χ0v) is 12.0. The van der Waals surface area contributed by atoms with Crippen LogP contribution in [0.1, 0.15) is 17.3 Å². The molecule has 0 saturated heterocycles. The van der Waals surface area contributed by atoms with Crippen LogP contribution in [-0.2, 0) is 22.6 Å². The fourth-order valence-corrected chi connectivity index (χ4v) is 1.93. The third-order valence-corrected chi connectivity index (χ3v) is 2.93. The smallest absolute Gasteiger partial charge is 0.310 e. The number of benzene rings is 1. The summed E-state index contributed by atoms with van der Waals surface area (Å²) in [6, 6.07) is 9.67. The van der Waals surface area contributed by atoms with Crippen LogP contribution in [0.25, 0.3) is 5.69 Å². The first-order chi connectivity index (χ1) is 10.7. The van der Waals surface area contributed by atoms with Gasteiger partial charge in [0.15, 0.2) is 6.61 Å². The van der Waals surface area contributed by atoms with E-state index in [1.54, 1.807) is 24.0 Å². The molecule has 7 heteroatoms. The van der Waals surface area contributed by atoms with Crippen LogP contribution in [0.5, 0.6) is 0 Å². The van der Waals surface area contributed by atoms with E-state index in [4.69, 9.17) is 9.15 Å². The van der Waals surface area contributed by atoms with Crippen LogP contribution in [0.2, 0.25) is 0 Å². The van der Waals surface area contributed by atoms with Crippen LogP contribution < -0.4 is 0 Å². The molecule has 0 aliphatic carbocycles. The van der Waals surface area contributed by atoms with Crippen molar-refractivity contribution in [1.82, 2.24) is 20.0 Å². The summed E-state index contributed by atoms with van der Waals surface area (Å²) in [5, 5.41) is 11.7. The van der Waals surface area contributed by atoms with Crippen molar-refractivity contribution in [3.8, 4) is 5.69 Å². The van der Waals surface area contributed by atoms with Gasteiger partial charge >= 0.3 is 5.97 Å². The second kappa shape index (κ2) is 6.21. The van der Waals surface area contributed by atoms with Gasteiger partial charge in [0.1, 0.15) is 0 Å². The Labute approximate surface area is 126 Å². The first-order valence-electron chi connectivity index (χ1n) is 6.74. The number of carbonyl (C=O) groups is 1. The molecule has 0 fully saturated rings. The molecule has 0 radical (unpaired) electrons. The lowest BCUT2D eigenvalue weighted by Crippen LogP contribution is -2.07. The minimum absolute atomic E-state index is 0.0213. The molecule has 1 aromatic carbocycles. The molecule has 0 N–H and O–H groups in total. The molecule has 0 unspecified atom stereocenters. The largest absolute Gasteiger partial charge is 0.455 e. The zero-order valence-electron chi connectivity index (χ0n) is 12.0. The number of ether oxygens (including phenoxy) is 1. The van der Waals surface area contributed by atoms with Crippen LogP contribution in [0, 0.1) is 6.92 Å². The summed E-state index contributed by atoms with van der Waals surface area (Å²) in [7, 11) is 0. The number of aryl methyl sites for hydroxylation is 1. The summed E-state index contributed by atoms with van der Waals surface area (Å²) in [6.45, 7) is 1.66. The van der Waals surface area contributed by atoms with E-state index in [0.717, 1.165) is 11.3 Å². The number of rotatable bonds is 5. The Morgan fingerprint density at radius 1 is 1.27 bits per heavy atom. The predicted molar refractivity (Wildman–Crippen MR) is 76.1 cm³/mol. The quantitative estimate of drug-likeness (QED) is 0.668. The van der Waals surface area contributed by atoms with Gasteiger partial charge in [-0.05, 0) is 12.1 Å². The van der Waals surface area contributed by atoms with Gasteiger partial charge < -0.3 is 9.15 Å². The van der Waals surface area contributed by atoms with Gasteiger partial charge in [-0.25, -0.2) is 4.68 Å². The number of hydrogen-bond donors (Lipinski definition) is 0. The highest BCUT2D eigenvalue weighted by molar-refractivity contribution is 5.72. The maximum Gasteiger partial charge on any atom is 0.310 e. The Morgan fingerprint density at radius 2 is 2.09 bits per heavy atom. The van der Waals surface area contributed by atoms with Crippen molar-refractivity contribution < 1.29 is 13.9 Å². The number of esters is 1. The fraction of sp³-hybridized carbons (Fsp3) is 0.200. The Hall–Kier alpha value is -2.96. The molecule has 0 spiro atoms. The van der Waals surface area contributed by atoms with E-state index in [1.807, 2.05) is 30.3 Å². The second-order valence-electron chi connectivity index (χ2n) is 4.68. The van der Waals surface area contributed by atoms with Gasteiger partial charge in [-0.3, -0.25) is 4.79 Å². The van der Waals surface area contributed by atoms with E-state index in [0.29, 0.717) is 5.89 Å². The molecule has 2 heterocycles. The maximum atomic E-state index is 11.8. The summed E-state index contributed by atoms with van der Waals surface area (Å²) in [6.07, 6.45) is 3.58. The van der Waals surface area contributed by atoms with Gasteiger partial charge in [0.2, 0.25) is 5.89 Å². The van der Waals surface area contributed by atoms with E-state index < -0.39 is 0 Å². The number of aromatic nitrogens is 4. The normalized spacial score (nSPS) is 10.6. The van der Waals surface area contributed by atoms with Crippen molar-refractivity contribution in [1.29, 1.82) is 0 Å². The van der Waals surface area contributed by atoms with Crippen LogP contribution in [-0.4, -0.2) is 25.9 Å². The molecule has 0 aliphatic heterocycles. The standard InChI is InChI=1S/C15H14N4O3/c1-11-17-18-14(22-11)10-21-15(20)7-12-8-16-19(9-12)13-5-3-2-4-6-13/h2-6,8-9H,7,10H2,1H3. The summed E-state index contributed by atoms with van der Waals surface area (Å²) >= 11 is 0. The van der Waals surface area contributed by atoms with Crippen LogP contribution >= 0.6 is 0 Å². The summed E-state index contributed by atoms with van der Waals surface area (Å²) in [5.41, 5.74) is 1.71. The lowest BCUT2D eigenvalue weighted by atomic mass is 10.2. The van der Waals surface area contributed by atoms with Crippen molar-refractivity contribution in [2.24, 2.45) is 0 Å². The zero-order chi connectivity index (χ0) is 15.4. The minimum Gasteiger partial charge on any atom is -0.455 e. The predicted octanol–water partition coefficient (Wildman–Crippen LogP) is 1.85. The number of carbonyl (C=O) groups excluding carboxylic acids is 1. The van der Waals surface area contributed by atoms with Crippen molar-refractivity contribution in [2.45, 2.75) is 20.0 Å². The van der Waals surface area contributed by atoms with Crippen molar-refractivity contribution in [3.63, 3.8) is 0 Å². The van der Waals surface area contributed by atoms with E-state index in [2.05, 4.69) is 15.3 Å². The Kier molecular flexibility index (Phi) is 3.95. The average molecular weight is 298 g/mol. The van der Waals surface area contributed by atoms with E-state index in [-0.39, 0.29) is 24.9 Å². The molecule has 0 bridgehead atoms. The summed E-state index contributed by atoms with van der Waals surface area (Å²) in [4.78, 5) is 11.8. The third-order valence-electron chi connectivity index (χ3n) is 2.93. The monoisotopic (exact) mass is 298 g/mol. The SMILES string of the molecule is Cc1nnc(COC(=O)Cc2cnn(-c3ccccc3)c2)o1. The van der Waals surface area contributed by atoms with Crippen molar-refractivity contribution in [3.05, 3.63) is 60.1 Å². The molecule has 3 aromatic rings. The molecule has 2 aromatic heterocycles. The van der Waals surface area contributed by atoms with Gasteiger partial charge in [0, 0.05) is 18.7 Å². The molecule has 7 nitrogen and oxygen atoms in total. The minimum atomic E-state index is -0.372. The lowest BCUT2D eigenvalue weighted by Gasteiger charge is -2.00. The van der Waals surface area contributed by atoms with E-state index in [9.17, 15) is 4.79 Å². The molecule has 22 heavy (non-hydrogen) atoms. The van der Waals surface area contributed by atoms with Crippen LogP contribution in [0.15, 0.2) is 47.1 Å². The van der Waals surface area contributed by atoms with Crippen molar-refractivity contribution >= 4 is 5.97 Å². The highest BCUT2D eigenvalue weighted by atomic mass is 16.5. The van der Waals surface area contributed by atoms with Gasteiger partial charge in [-0.1, -0.05) is 18.2 Å². The number of nitrogens with zero attached hydrogens (tertiary/aromatic N) is 4. The fourth-order valence-electron chi connectivity index (χ4n) is 1.93. The highest BCUT2D eigenvalue weighted by Crippen LogP contribution is 2.09. The first-order valence-corrected chi connectivity index (χ1v) is 6.74. The second-order valence-corrected chi connectivity index (χ2v) is 4.68. The van der Waals surface area contributed by atoms with E-state index >= 15 is 0 Å². The van der Waals surface area contributed by atoms with Crippen LogP contribution in [0.4, 0.5) is 0 Å². The molecule has 112 valence electrons. The topological polar surface area (TPSA) is 83.0 Å². The molecule has 0 atom stereocenters. The average Bonchev–Trinajstić information content (AvgIpc) is 3.15. The molecular formula is C15H14N4O3. The molecule has 0 aliphatic rings. The van der Waals surface area contributed by atoms with Crippen molar-refractivity contribution in [2.75, 3.05) is 0 Å². The number of hydrogen-bond acceptors (Lipinski definition) is 6. The third kappa shape index (κ3) is 3.38. The van der Waals surface area contributed by atoms with E-state index in [1.165, 1.54) is 0 Å². The molecule has 0 amide bonds. The van der Waals surface area contributed by atoms with Gasteiger partial charge in [-0.15, -0.1) is 10.2 Å². The summed E-state index contributed by atoms with van der Waals surface area (Å²) in [5.74, 6) is 0.351. The Balaban J connectivity index is 1.57. The first kappa shape index (κ1) is 14.0. The molecule has 0 saturated carbocycles. The Morgan fingerprint density at radius 3 is 2.82 bits per heavy atom. The number of para-hydroxylation sites is 1. The lowest BCUT2D eigenvalue weighted by molar-refractivity contribution is -0.144. The van der Waals surface area contributed by atoms with Crippen LogP contribution in [0.3, 0.4) is 0 Å². The molecule has 3 rings (SSSR count). The maximum absolute atomic E-state index is 11.8. The van der Waals surface area contributed by atoms with Gasteiger partial charge in [0.05, 0.1) is 18.3 Å². The van der Waals surface area contributed by atoms with Gasteiger partial charge in [-0.2, -0.15) is 5.10 Å². The summed E-state index contributed by atoms with van der Waals surface area (Å²) < 4.78 is 11.9. The molecular weight excluding hydrogens is 284 g/mol. The van der Waals surface area contributed by atoms with Gasteiger partial charge in [0.25, 0.3) is 5.89 Å².